The number of hydrogen-bond donors (Lipinski definition) is 2. The first-order valence-electron chi connectivity index (χ1n) is 11.0. The van der Waals surface area contributed by atoms with Crippen LogP contribution in [-0.2, 0) is 16.1 Å². The minimum atomic E-state index is -0.397. The number of nitrogens with one attached hydrogen (secondary N) is 2. The predicted molar refractivity (Wildman–Crippen MR) is 122 cm³/mol. The molecular weight excluding hydrogens is 390 g/mol. The Hall–Kier alpha value is -3.35. The van der Waals surface area contributed by atoms with Gasteiger partial charge in [-0.05, 0) is 36.2 Å². The van der Waals surface area contributed by atoms with E-state index < -0.39 is 5.91 Å². The van der Waals surface area contributed by atoms with Gasteiger partial charge in [-0.25, -0.2) is 4.98 Å². The number of aromatic amines is 1. The van der Waals surface area contributed by atoms with E-state index >= 15 is 0 Å². The summed E-state index contributed by atoms with van der Waals surface area (Å²) < 4.78 is 0. The number of unbranched alkanes of at least 4 members (excludes halogenated alkanes) is 3. The highest BCUT2D eigenvalue weighted by molar-refractivity contribution is 6.35. The Kier molecular flexibility index (Phi) is 6.50. The van der Waals surface area contributed by atoms with Crippen molar-refractivity contribution in [3.8, 4) is 0 Å². The van der Waals surface area contributed by atoms with Crippen LogP contribution < -0.4 is 5.32 Å². The van der Waals surface area contributed by atoms with Gasteiger partial charge in [-0.3, -0.25) is 9.59 Å². The van der Waals surface area contributed by atoms with Gasteiger partial charge < -0.3 is 20.1 Å². The van der Waals surface area contributed by atoms with Crippen molar-refractivity contribution in [2.45, 2.75) is 39.2 Å². The van der Waals surface area contributed by atoms with Gasteiger partial charge in [0.2, 0.25) is 5.95 Å². The molecule has 2 heterocycles. The molecule has 1 aliphatic heterocycles. The summed E-state index contributed by atoms with van der Waals surface area (Å²) in [4.78, 5) is 36.1. The van der Waals surface area contributed by atoms with E-state index in [1.807, 2.05) is 48.5 Å². The van der Waals surface area contributed by atoms with Crippen molar-refractivity contribution in [3.05, 3.63) is 54.1 Å². The Morgan fingerprint density at radius 1 is 0.935 bits per heavy atom. The minimum Gasteiger partial charge on any atom is -0.333 e. The van der Waals surface area contributed by atoms with E-state index in [-0.39, 0.29) is 5.91 Å². The lowest BCUT2D eigenvalue weighted by Crippen LogP contribution is -2.54. The molecule has 1 fully saturated rings. The molecule has 1 saturated heterocycles. The van der Waals surface area contributed by atoms with E-state index in [2.05, 4.69) is 22.2 Å². The monoisotopic (exact) mass is 419 g/mol. The highest BCUT2D eigenvalue weighted by Crippen LogP contribution is 2.19. The van der Waals surface area contributed by atoms with Crippen LogP contribution in [0.1, 0.15) is 38.2 Å². The molecule has 0 atom stereocenters. The summed E-state index contributed by atoms with van der Waals surface area (Å²) in [6.45, 7) is 4.48. The second-order valence-electron chi connectivity index (χ2n) is 8.00. The van der Waals surface area contributed by atoms with Crippen molar-refractivity contribution in [1.82, 2.24) is 19.8 Å². The topological polar surface area (TPSA) is 81.3 Å². The lowest BCUT2D eigenvalue weighted by molar-refractivity contribution is -0.156. The zero-order valence-corrected chi connectivity index (χ0v) is 17.9. The molecule has 0 aliphatic carbocycles. The van der Waals surface area contributed by atoms with E-state index in [4.69, 9.17) is 0 Å². The number of amides is 2. The SMILES string of the molecule is CCCCCCN1CCN(Cc2ccc(Nc3nc4ccccc4[nH]3)cc2)C(=O)C1=O. The van der Waals surface area contributed by atoms with E-state index in [0.717, 1.165) is 41.5 Å². The highest BCUT2D eigenvalue weighted by atomic mass is 16.2. The van der Waals surface area contributed by atoms with Gasteiger partial charge in [0, 0.05) is 31.9 Å². The first-order chi connectivity index (χ1) is 15.1. The van der Waals surface area contributed by atoms with Crippen LogP contribution in [0.2, 0.25) is 0 Å². The number of benzene rings is 2. The molecule has 0 radical (unpaired) electrons. The second-order valence-corrected chi connectivity index (χ2v) is 8.00. The summed E-state index contributed by atoms with van der Waals surface area (Å²) in [6, 6.07) is 15.7. The molecule has 0 saturated carbocycles. The molecule has 0 unspecified atom stereocenters. The number of nitrogens with zero attached hydrogens (tertiary/aromatic N) is 3. The average molecular weight is 420 g/mol. The third-order valence-electron chi connectivity index (χ3n) is 5.66. The molecule has 1 aliphatic rings. The minimum absolute atomic E-state index is 0.370. The van der Waals surface area contributed by atoms with E-state index in [0.29, 0.717) is 32.1 Å². The number of hydrogen-bond acceptors (Lipinski definition) is 4. The molecule has 0 spiro atoms. The number of carbonyl (C=O) groups excluding carboxylic acids is 2. The largest absolute Gasteiger partial charge is 0.333 e. The fraction of sp³-hybridized carbons (Fsp3) is 0.375. The van der Waals surface area contributed by atoms with E-state index in [1.54, 1.807) is 9.80 Å². The van der Waals surface area contributed by atoms with Crippen molar-refractivity contribution < 1.29 is 9.59 Å². The average Bonchev–Trinajstić information content (AvgIpc) is 3.19. The van der Waals surface area contributed by atoms with E-state index in [1.165, 1.54) is 6.42 Å². The maximum Gasteiger partial charge on any atom is 0.312 e. The maximum absolute atomic E-state index is 12.5. The Bertz CT molecular complexity index is 1010. The number of H-pyrrole nitrogens is 1. The molecule has 3 aromatic rings. The number of carbonyl (C=O) groups is 2. The van der Waals surface area contributed by atoms with Crippen LogP contribution in [0.3, 0.4) is 0 Å². The zero-order valence-electron chi connectivity index (χ0n) is 17.9. The second kappa shape index (κ2) is 9.64. The van der Waals surface area contributed by atoms with Crippen molar-refractivity contribution >= 4 is 34.5 Å². The van der Waals surface area contributed by atoms with Crippen LogP contribution in [-0.4, -0.2) is 51.2 Å². The molecule has 162 valence electrons. The number of anilines is 2. The van der Waals surface area contributed by atoms with Crippen LogP contribution in [0.25, 0.3) is 11.0 Å². The van der Waals surface area contributed by atoms with Crippen LogP contribution in [0.15, 0.2) is 48.5 Å². The molecule has 2 N–H and O–H groups in total. The van der Waals surface area contributed by atoms with Crippen molar-refractivity contribution in [2.75, 3.05) is 25.0 Å². The smallest absolute Gasteiger partial charge is 0.312 e. The normalized spacial score (nSPS) is 14.5. The lowest BCUT2D eigenvalue weighted by atomic mass is 10.1. The number of para-hydroxylation sites is 2. The number of piperazine rings is 1. The van der Waals surface area contributed by atoms with Crippen molar-refractivity contribution in [1.29, 1.82) is 0 Å². The van der Waals surface area contributed by atoms with E-state index in [9.17, 15) is 9.59 Å². The molecular formula is C24H29N5O2. The molecule has 2 aromatic carbocycles. The predicted octanol–water partition coefficient (Wildman–Crippen LogP) is 4.06. The fourth-order valence-corrected chi connectivity index (χ4v) is 3.87. The summed E-state index contributed by atoms with van der Waals surface area (Å²) >= 11 is 0. The van der Waals surface area contributed by atoms with Crippen LogP contribution in [0.5, 0.6) is 0 Å². The number of fused-ring (bicyclic) bond motifs is 1. The summed E-state index contributed by atoms with van der Waals surface area (Å²) in [5.74, 6) is -0.0816. The maximum atomic E-state index is 12.5. The Morgan fingerprint density at radius 3 is 2.45 bits per heavy atom. The zero-order chi connectivity index (χ0) is 21.6. The van der Waals surface area contributed by atoms with Gasteiger partial charge in [0.25, 0.3) is 0 Å². The van der Waals surface area contributed by atoms with Gasteiger partial charge in [-0.15, -0.1) is 0 Å². The molecule has 1 aromatic heterocycles. The Balaban J connectivity index is 1.31. The molecule has 4 rings (SSSR count). The fourth-order valence-electron chi connectivity index (χ4n) is 3.87. The van der Waals surface area contributed by atoms with Crippen LogP contribution in [0.4, 0.5) is 11.6 Å². The quantitative estimate of drug-likeness (QED) is 0.405. The Morgan fingerprint density at radius 2 is 1.68 bits per heavy atom. The number of rotatable bonds is 9. The number of imidazole rings is 1. The molecule has 2 amide bonds. The third-order valence-corrected chi connectivity index (χ3v) is 5.66. The highest BCUT2D eigenvalue weighted by Gasteiger charge is 2.31. The number of aromatic nitrogens is 2. The Labute approximate surface area is 182 Å². The molecule has 7 heteroatoms. The van der Waals surface area contributed by atoms with Crippen molar-refractivity contribution in [2.24, 2.45) is 0 Å². The summed E-state index contributed by atoms with van der Waals surface area (Å²) in [7, 11) is 0. The van der Waals surface area contributed by atoms with Gasteiger partial charge in [0.1, 0.15) is 0 Å². The van der Waals surface area contributed by atoms with Gasteiger partial charge in [-0.1, -0.05) is 50.5 Å². The standard InChI is InChI=1S/C24H29N5O2/c1-2-3-4-7-14-28-15-16-29(23(31)22(28)30)17-18-10-12-19(13-11-18)25-24-26-20-8-5-6-9-21(20)27-24/h5-6,8-13H,2-4,7,14-17H2,1H3,(H2,25,26,27). The van der Waals surface area contributed by atoms with Crippen molar-refractivity contribution in [3.63, 3.8) is 0 Å². The molecule has 0 bridgehead atoms. The van der Waals surface area contributed by atoms with Gasteiger partial charge in [0.15, 0.2) is 0 Å². The first-order valence-corrected chi connectivity index (χ1v) is 11.0. The third kappa shape index (κ3) is 5.05. The molecule has 7 nitrogen and oxygen atoms in total. The first kappa shape index (κ1) is 20.9. The van der Waals surface area contributed by atoms with Crippen LogP contribution >= 0.6 is 0 Å². The summed E-state index contributed by atoms with van der Waals surface area (Å²) in [5, 5.41) is 3.27. The lowest BCUT2D eigenvalue weighted by Gasteiger charge is -2.33. The summed E-state index contributed by atoms with van der Waals surface area (Å²) in [5.41, 5.74) is 3.79. The summed E-state index contributed by atoms with van der Waals surface area (Å²) in [6.07, 6.45) is 4.40. The van der Waals surface area contributed by atoms with Crippen LogP contribution in [0, 0.1) is 0 Å². The van der Waals surface area contributed by atoms with Gasteiger partial charge in [-0.2, -0.15) is 0 Å². The molecule has 31 heavy (non-hydrogen) atoms. The van der Waals surface area contributed by atoms with Gasteiger partial charge in [0.05, 0.1) is 11.0 Å². The van der Waals surface area contributed by atoms with Gasteiger partial charge >= 0.3 is 11.8 Å².